The minimum Gasteiger partial charge on any atom is -0.467 e. The van der Waals surface area contributed by atoms with Gasteiger partial charge in [0.1, 0.15) is 16.7 Å². The molecule has 0 spiro atoms. The van der Waals surface area contributed by atoms with Crippen LogP contribution in [-0.2, 0) is 6.54 Å². The van der Waals surface area contributed by atoms with Gasteiger partial charge in [-0.15, -0.1) is 0 Å². The smallest absolute Gasteiger partial charge is 0.163 e. The number of halogens is 1. The summed E-state index contributed by atoms with van der Waals surface area (Å²) >= 11 is 6.05. The number of nitrogens with one attached hydrogen (secondary N) is 1. The van der Waals surface area contributed by atoms with Crippen LogP contribution >= 0.6 is 11.6 Å². The van der Waals surface area contributed by atoms with Crippen LogP contribution in [0.25, 0.3) is 11.4 Å². The minimum absolute atomic E-state index is 0.404. The SMILES string of the molecule is Clc1cc(NCc2ccco2)nc(-c2ccccc2)n1. The lowest BCUT2D eigenvalue weighted by Crippen LogP contribution is -2.02. The van der Waals surface area contributed by atoms with Gasteiger partial charge in [-0.25, -0.2) is 9.97 Å². The second-order valence-corrected chi connectivity index (χ2v) is 4.59. The molecule has 3 aromatic rings. The summed E-state index contributed by atoms with van der Waals surface area (Å²) in [6, 6.07) is 15.2. The molecule has 20 heavy (non-hydrogen) atoms. The number of benzene rings is 1. The third kappa shape index (κ3) is 2.97. The summed E-state index contributed by atoms with van der Waals surface area (Å²) in [6.45, 7) is 0.550. The second-order valence-electron chi connectivity index (χ2n) is 4.20. The number of nitrogens with zero attached hydrogens (tertiary/aromatic N) is 2. The maximum atomic E-state index is 6.05. The zero-order valence-corrected chi connectivity index (χ0v) is 11.3. The topological polar surface area (TPSA) is 51.0 Å². The predicted octanol–water partition coefficient (Wildman–Crippen LogP) is 4.00. The molecule has 0 saturated heterocycles. The first kappa shape index (κ1) is 12.7. The summed E-state index contributed by atoms with van der Waals surface area (Å²) in [4.78, 5) is 8.69. The molecule has 0 fully saturated rings. The van der Waals surface area contributed by atoms with Gasteiger partial charge in [-0.3, -0.25) is 0 Å². The predicted molar refractivity (Wildman–Crippen MR) is 78.5 cm³/mol. The van der Waals surface area contributed by atoms with Gasteiger partial charge in [0.15, 0.2) is 5.82 Å². The minimum atomic E-state index is 0.404. The summed E-state index contributed by atoms with van der Waals surface area (Å²) in [5, 5.41) is 3.57. The maximum Gasteiger partial charge on any atom is 0.163 e. The molecule has 5 heteroatoms. The molecule has 0 aliphatic carbocycles. The van der Waals surface area contributed by atoms with Crippen molar-refractivity contribution in [3.05, 3.63) is 65.7 Å². The average Bonchev–Trinajstić information content (AvgIpc) is 2.99. The van der Waals surface area contributed by atoms with Gasteiger partial charge in [-0.05, 0) is 12.1 Å². The first-order valence-corrected chi connectivity index (χ1v) is 6.55. The molecule has 1 N–H and O–H groups in total. The van der Waals surface area contributed by atoms with E-state index in [1.165, 1.54) is 0 Å². The van der Waals surface area contributed by atoms with Crippen LogP contribution in [0.1, 0.15) is 5.76 Å². The Morgan fingerprint density at radius 3 is 2.65 bits per heavy atom. The number of rotatable bonds is 4. The van der Waals surface area contributed by atoms with Gasteiger partial charge in [-0.2, -0.15) is 0 Å². The van der Waals surface area contributed by atoms with Crippen molar-refractivity contribution in [3.8, 4) is 11.4 Å². The van der Waals surface area contributed by atoms with Crippen LogP contribution in [0.4, 0.5) is 5.82 Å². The van der Waals surface area contributed by atoms with Crippen molar-refractivity contribution in [2.45, 2.75) is 6.54 Å². The van der Waals surface area contributed by atoms with Crippen LogP contribution in [-0.4, -0.2) is 9.97 Å². The van der Waals surface area contributed by atoms with Crippen LogP contribution in [0.2, 0.25) is 5.15 Å². The fourth-order valence-corrected chi connectivity index (χ4v) is 2.00. The quantitative estimate of drug-likeness (QED) is 0.736. The lowest BCUT2D eigenvalue weighted by Gasteiger charge is -2.06. The van der Waals surface area contributed by atoms with Gasteiger partial charge in [0, 0.05) is 11.6 Å². The lowest BCUT2D eigenvalue weighted by atomic mass is 10.2. The van der Waals surface area contributed by atoms with E-state index in [1.54, 1.807) is 12.3 Å². The number of anilines is 1. The number of hydrogen-bond acceptors (Lipinski definition) is 4. The molecular formula is C15H12ClN3O. The second kappa shape index (κ2) is 5.75. The number of hydrogen-bond donors (Lipinski definition) is 1. The molecule has 0 atom stereocenters. The van der Waals surface area contributed by atoms with E-state index in [0.29, 0.717) is 23.3 Å². The molecule has 0 saturated carbocycles. The largest absolute Gasteiger partial charge is 0.467 e. The van der Waals surface area contributed by atoms with Crippen LogP contribution in [0.15, 0.2) is 59.2 Å². The molecule has 100 valence electrons. The molecular weight excluding hydrogens is 274 g/mol. The van der Waals surface area contributed by atoms with Gasteiger partial charge in [-0.1, -0.05) is 41.9 Å². The van der Waals surface area contributed by atoms with E-state index >= 15 is 0 Å². The molecule has 2 aromatic heterocycles. The summed E-state index contributed by atoms with van der Waals surface area (Å²) in [7, 11) is 0. The Kier molecular flexibility index (Phi) is 3.65. The van der Waals surface area contributed by atoms with Crippen molar-refractivity contribution < 1.29 is 4.42 Å². The van der Waals surface area contributed by atoms with E-state index in [4.69, 9.17) is 16.0 Å². The highest BCUT2D eigenvalue weighted by atomic mass is 35.5. The highest BCUT2D eigenvalue weighted by Crippen LogP contribution is 2.20. The van der Waals surface area contributed by atoms with Crippen LogP contribution in [0.5, 0.6) is 0 Å². The molecule has 3 rings (SSSR count). The first-order chi connectivity index (χ1) is 9.81. The van der Waals surface area contributed by atoms with E-state index in [0.717, 1.165) is 11.3 Å². The molecule has 0 aliphatic rings. The van der Waals surface area contributed by atoms with Crippen molar-refractivity contribution in [2.24, 2.45) is 0 Å². The number of furan rings is 1. The van der Waals surface area contributed by atoms with Crippen molar-refractivity contribution in [1.29, 1.82) is 0 Å². The van der Waals surface area contributed by atoms with Crippen molar-refractivity contribution in [3.63, 3.8) is 0 Å². The maximum absolute atomic E-state index is 6.05. The van der Waals surface area contributed by atoms with Gasteiger partial charge in [0.25, 0.3) is 0 Å². The fourth-order valence-electron chi connectivity index (χ4n) is 1.82. The first-order valence-electron chi connectivity index (χ1n) is 6.17. The molecule has 1 aromatic carbocycles. The Hall–Kier alpha value is -2.33. The summed E-state index contributed by atoms with van der Waals surface area (Å²) in [6.07, 6.45) is 1.64. The monoisotopic (exact) mass is 285 g/mol. The van der Waals surface area contributed by atoms with E-state index in [1.807, 2.05) is 42.5 Å². The Balaban J connectivity index is 1.83. The third-order valence-corrected chi connectivity index (χ3v) is 2.94. The average molecular weight is 286 g/mol. The fraction of sp³-hybridized carbons (Fsp3) is 0.0667. The molecule has 0 bridgehead atoms. The van der Waals surface area contributed by atoms with Crippen LogP contribution in [0, 0.1) is 0 Å². The molecule has 0 amide bonds. The zero-order chi connectivity index (χ0) is 13.8. The normalized spacial score (nSPS) is 10.4. The van der Waals surface area contributed by atoms with Crippen molar-refractivity contribution in [2.75, 3.05) is 5.32 Å². The Bertz CT molecular complexity index is 684. The molecule has 2 heterocycles. The highest BCUT2D eigenvalue weighted by molar-refractivity contribution is 6.29. The van der Waals surface area contributed by atoms with Crippen molar-refractivity contribution in [1.82, 2.24) is 9.97 Å². The Morgan fingerprint density at radius 1 is 1.05 bits per heavy atom. The van der Waals surface area contributed by atoms with Crippen LogP contribution < -0.4 is 5.32 Å². The third-order valence-electron chi connectivity index (χ3n) is 2.75. The van der Waals surface area contributed by atoms with E-state index in [-0.39, 0.29) is 0 Å². The van der Waals surface area contributed by atoms with Crippen molar-refractivity contribution >= 4 is 17.4 Å². The highest BCUT2D eigenvalue weighted by Gasteiger charge is 2.06. The molecule has 4 nitrogen and oxygen atoms in total. The molecule has 0 unspecified atom stereocenters. The summed E-state index contributed by atoms with van der Waals surface area (Å²) in [5.74, 6) is 2.10. The molecule has 0 aliphatic heterocycles. The van der Waals surface area contributed by atoms with Gasteiger partial charge < -0.3 is 9.73 Å². The summed E-state index contributed by atoms with van der Waals surface area (Å²) in [5.41, 5.74) is 0.927. The molecule has 0 radical (unpaired) electrons. The lowest BCUT2D eigenvalue weighted by molar-refractivity contribution is 0.518. The Morgan fingerprint density at radius 2 is 1.90 bits per heavy atom. The van der Waals surface area contributed by atoms with Crippen LogP contribution in [0.3, 0.4) is 0 Å². The number of aromatic nitrogens is 2. The van der Waals surface area contributed by atoms with Gasteiger partial charge in [0.2, 0.25) is 0 Å². The van der Waals surface area contributed by atoms with E-state index in [2.05, 4.69) is 15.3 Å². The van der Waals surface area contributed by atoms with E-state index in [9.17, 15) is 0 Å². The Labute approximate surface area is 121 Å². The summed E-state index contributed by atoms with van der Waals surface area (Å²) < 4.78 is 5.26. The standard InChI is InChI=1S/C15H12ClN3O/c16-13-9-14(17-10-12-7-4-8-20-12)19-15(18-13)11-5-2-1-3-6-11/h1-9H,10H2,(H,17,18,19). The van der Waals surface area contributed by atoms with Gasteiger partial charge in [0.05, 0.1) is 12.8 Å². The zero-order valence-electron chi connectivity index (χ0n) is 10.6. The van der Waals surface area contributed by atoms with Gasteiger partial charge >= 0.3 is 0 Å². The van der Waals surface area contributed by atoms with E-state index < -0.39 is 0 Å².